The number of nitrogens with one attached hydrogen (secondary N) is 1. The number of para-hydroxylation sites is 1. The third-order valence-corrected chi connectivity index (χ3v) is 10.8. The summed E-state index contributed by atoms with van der Waals surface area (Å²) in [6.07, 6.45) is 0.104. The van der Waals surface area contributed by atoms with E-state index in [0.29, 0.717) is 66.9 Å². The van der Waals surface area contributed by atoms with Gasteiger partial charge in [-0.15, -0.1) is 0 Å². The van der Waals surface area contributed by atoms with E-state index in [2.05, 4.69) is 10.2 Å². The molecule has 44 heavy (non-hydrogen) atoms. The minimum atomic E-state index is -3.98. The number of aromatic nitrogens is 2. The van der Waals surface area contributed by atoms with E-state index in [0.717, 1.165) is 0 Å². The van der Waals surface area contributed by atoms with Crippen molar-refractivity contribution in [3.63, 3.8) is 0 Å². The zero-order valence-corrected chi connectivity index (χ0v) is 25.3. The summed E-state index contributed by atoms with van der Waals surface area (Å²) >= 11 is 6.39. The van der Waals surface area contributed by atoms with Crippen molar-refractivity contribution in [2.75, 3.05) is 30.0 Å². The molecule has 2 heterocycles. The van der Waals surface area contributed by atoms with Crippen LogP contribution in [0.1, 0.15) is 31.0 Å². The number of carbonyl (C=O) groups is 1. The van der Waals surface area contributed by atoms with Gasteiger partial charge in [-0.05, 0) is 74.4 Å². The first-order valence-electron chi connectivity index (χ1n) is 14.0. The fourth-order valence-electron chi connectivity index (χ4n) is 5.23. The molecule has 1 saturated carbocycles. The van der Waals surface area contributed by atoms with Crippen LogP contribution in [-0.2, 0) is 19.3 Å². The molecule has 10 nitrogen and oxygen atoms in total. The van der Waals surface area contributed by atoms with Gasteiger partial charge < -0.3 is 14.4 Å². The van der Waals surface area contributed by atoms with Crippen LogP contribution < -0.4 is 15.0 Å². The molecule has 1 amide bonds. The number of sulfone groups is 1. The second-order valence-electron chi connectivity index (χ2n) is 10.7. The number of ether oxygens (including phenoxy) is 2. The molecule has 0 spiro atoms. The number of anilines is 2. The lowest BCUT2D eigenvalue weighted by Crippen LogP contribution is -2.44. The molecule has 1 saturated heterocycles. The monoisotopic (exact) mass is 629 g/mol. The predicted octanol–water partition coefficient (Wildman–Crippen LogP) is 5.97. The molecule has 6 rings (SSSR count). The van der Waals surface area contributed by atoms with Crippen molar-refractivity contribution in [1.82, 2.24) is 9.97 Å². The second kappa shape index (κ2) is 11.9. The number of amides is 1. The van der Waals surface area contributed by atoms with Crippen molar-refractivity contribution in [1.29, 1.82) is 5.26 Å². The Hall–Kier alpha value is -4.50. The SMILES string of the molecule is C[C@H]1COCCN1c1cc(C2(S(=O)(=O)c3ccc(C#N)cc3Cl)CC2)nc(-c2ccc(NC(=O)Oc3ccccc3)cc2)n1. The average Bonchev–Trinajstić information content (AvgIpc) is 3.85. The summed E-state index contributed by atoms with van der Waals surface area (Å²) in [5.74, 6) is 1.37. The smallest absolute Gasteiger partial charge is 0.410 e. The number of hydrogen-bond acceptors (Lipinski definition) is 9. The van der Waals surface area contributed by atoms with E-state index >= 15 is 0 Å². The van der Waals surface area contributed by atoms with Crippen LogP contribution in [0.4, 0.5) is 16.3 Å². The van der Waals surface area contributed by atoms with Crippen LogP contribution in [-0.4, -0.2) is 50.3 Å². The first kappa shape index (κ1) is 29.6. The molecule has 1 atom stereocenters. The topological polar surface area (TPSA) is 135 Å². The summed E-state index contributed by atoms with van der Waals surface area (Å²) in [6, 6.07) is 23.6. The van der Waals surface area contributed by atoms with E-state index in [1.807, 2.05) is 19.1 Å². The van der Waals surface area contributed by atoms with E-state index in [9.17, 15) is 18.5 Å². The standard InChI is InChI=1S/C32H28ClN5O5S/c1-21-20-42-16-15-38(21)29-18-28(32(13-14-32)44(40,41)27-12-7-22(19-34)17-26(27)33)36-30(37-29)23-8-10-24(11-9-23)35-31(39)43-25-5-3-2-4-6-25/h2-12,17-18,21H,13-16,20H2,1H3,(H,35,39)/t21-/m0/s1. The first-order valence-corrected chi connectivity index (χ1v) is 15.9. The maximum atomic E-state index is 14.1. The second-order valence-corrected chi connectivity index (χ2v) is 13.3. The molecular weight excluding hydrogens is 602 g/mol. The van der Waals surface area contributed by atoms with Gasteiger partial charge in [-0.3, -0.25) is 5.32 Å². The summed E-state index contributed by atoms with van der Waals surface area (Å²) in [4.78, 5) is 24.1. The number of morpholine rings is 1. The van der Waals surface area contributed by atoms with Gasteiger partial charge in [-0.2, -0.15) is 5.26 Å². The van der Waals surface area contributed by atoms with E-state index in [1.54, 1.807) is 54.6 Å². The Morgan fingerprint density at radius 1 is 1.09 bits per heavy atom. The summed E-state index contributed by atoms with van der Waals surface area (Å²) in [5, 5.41) is 11.9. The molecule has 1 aliphatic heterocycles. The molecule has 224 valence electrons. The summed E-state index contributed by atoms with van der Waals surface area (Å²) in [6.45, 7) is 3.64. The maximum Gasteiger partial charge on any atom is 0.417 e. The normalized spacial score (nSPS) is 17.4. The molecule has 0 unspecified atom stereocenters. The highest BCUT2D eigenvalue weighted by molar-refractivity contribution is 7.92. The van der Waals surface area contributed by atoms with E-state index < -0.39 is 20.7 Å². The molecule has 4 aromatic rings. The lowest BCUT2D eigenvalue weighted by atomic mass is 10.1. The molecule has 0 radical (unpaired) electrons. The number of rotatable bonds is 7. The van der Waals surface area contributed by atoms with Crippen LogP contribution in [0.2, 0.25) is 5.02 Å². The Balaban J connectivity index is 1.35. The third kappa shape index (κ3) is 5.71. The maximum absolute atomic E-state index is 14.1. The molecular formula is C32H28ClN5O5S. The van der Waals surface area contributed by atoms with E-state index in [4.69, 9.17) is 31.0 Å². The van der Waals surface area contributed by atoms with Crippen LogP contribution in [0.5, 0.6) is 5.75 Å². The van der Waals surface area contributed by atoms with Crippen molar-refractivity contribution in [2.24, 2.45) is 0 Å². The van der Waals surface area contributed by atoms with Gasteiger partial charge in [0, 0.05) is 23.9 Å². The van der Waals surface area contributed by atoms with Crippen molar-refractivity contribution >= 4 is 39.0 Å². The van der Waals surface area contributed by atoms with Gasteiger partial charge in [0.05, 0.1) is 46.5 Å². The molecule has 12 heteroatoms. The molecule has 1 aliphatic carbocycles. The van der Waals surface area contributed by atoms with Crippen molar-refractivity contribution in [2.45, 2.75) is 35.4 Å². The third-order valence-electron chi connectivity index (χ3n) is 7.75. The largest absolute Gasteiger partial charge is 0.417 e. The summed E-state index contributed by atoms with van der Waals surface area (Å²) in [7, 11) is -3.98. The Kier molecular flexibility index (Phi) is 7.98. The molecule has 0 bridgehead atoms. The highest BCUT2D eigenvalue weighted by atomic mass is 35.5. The lowest BCUT2D eigenvalue weighted by molar-refractivity contribution is 0.0985. The van der Waals surface area contributed by atoms with Gasteiger partial charge in [0.1, 0.15) is 16.3 Å². The molecule has 2 aliphatic rings. The van der Waals surface area contributed by atoms with Crippen LogP contribution in [0.15, 0.2) is 83.8 Å². The predicted molar refractivity (Wildman–Crippen MR) is 165 cm³/mol. The van der Waals surface area contributed by atoms with Gasteiger partial charge in [0.25, 0.3) is 0 Å². The quantitative estimate of drug-likeness (QED) is 0.262. The van der Waals surface area contributed by atoms with E-state index in [-0.39, 0.29) is 21.5 Å². The van der Waals surface area contributed by atoms with Crippen LogP contribution >= 0.6 is 11.6 Å². The number of halogens is 1. The molecule has 2 fully saturated rings. The Labute approximate surface area is 260 Å². The Bertz CT molecular complexity index is 1860. The fraction of sp³-hybridized carbons (Fsp3) is 0.250. The Morgan fingerprint density at radius 3 is 2.50 bits per heavy atom. The number of nitrogens with zero attached hydrogens (tertiary/aromatic N) is 4. The van der Waals surface area contributed by atoms with Gasteiger partial charge >= 0.3 is 6.09 Å². The minimum Gasteiger partial charge on any atom is -0.410 e. The molecule has 3 aromatic carbocycles. The van der Waals surface area contributed by atoms with Gasteiger partial charge in [-0.25, -0.2) is 23.2 Å². The first-order chi connectivity index (χ1) is 21.2. The van der Waals surface area contributed by atoms with Crippen molar-refractivity contribution < 1.29 is 22.7 Å². The minimum absolute atomic E-state index is 0.000472. The van der Waals surface area contributed by atoms with Gasteiger partial charge in [-0.1, -0.05) is 29.8 Å². The fourth-order valence-corrected chi connectivity index (χ4v) is 7.72. The number of hydrogen-bond donors (Lipinski definition) is 1. The number of nitriles is 1. The van der Waals surface area contributed by atoms with Crippen LogP contribution in [0.25, 0.3) is 11.4 Å². The Morgan fingerprint density at radius 2 is 1.84 bits per heavy atom. The summed E-state index contributed by atoms with van der Waals surface area (Å²) < 4.78 is 37.8. The van der Waals surface area contributed by atoms with Gasteiger partial charge in [0.15, 0.2) is 15.7 Å². The zero-order valence-electron chi connectivity index (χ0n) is 23.7. The molecule has 1 N–H and O–H groups in total. The summed E-state index contributed by atoms with van der Waals surface area (Å²) in [5.41, 5.74) is 1.80. The lowest BCUT2D eigenvalue weighted by Gasteiger charge is -2.34. The number of benzene rings is 3. The van der Waals surface area contributed by atoms with Crippen LogP contribution in [0, 0.1) is 11.3 Å². The molecule has 1 aromatic heterocycles. The van der Waals surface area contributed by atoms with E-state index in [1.165, 1.54) is 18.2 Å². The van der Waals surface area contributed by atoms with Crippen molar-refractivity contribution in [3.05, 3.63) is 95.1 Å². The average molecular weight is 630 g/mol. The number of carbonyl (C=O) groups excluding carboxylic acids is 1. The zero-order chi connectivity index (χ0) is 30.9. The highest BCUT2D eigenvalue weighted by Gasteiger charge is 2.58. The highest BCUT2D eigenvalue weighted by Crippen LogP contribution is 2.56. The van der Waals surface area contributed by atoms with Crippen molar-refractivity contribution in [3.8, 4) is 23.2 Å². The van der Waals surface area contributed by atoms with Gasteiger partial charge in [0.2, 0.25) is 0 Å². The van der Waals surface area contributed by atoms with Crippen LogP contribution in [0.3, 0.4) is 0 Å².